The molecular weight excluding hydrogens is 208 g/mol. The predicted molar refractivity (Wildman–Crippen MR) is 63.9 cm³/mol. The van der Waals surface area contributed by atoms with E-state index in [9.17, 15) is 4.21 Å². The molecule has 0 amide bonds. The van der Waals surface area contributed by atoms with E-state index in [0.29, 0.717) is 0 Å². The van der Waals surface area contributed by atoms with Crippen LogP contribution >= 0.6 is 0 Å². The minimum Gasteiger partial charge on any atom is -0.305 e. The molecule has 3 nitrogen and oxygen atoms in total. The van der Waals surface area contributed by atoms with E-state index in [1.165, 1.54) is 5.56 Å². The Kier molecular flexibility index (Phi) is 4.45. The lowest BCUT2D eigenvalue weighted by atomic mass is 10.2. The summed E-state index contributed by atoms with van der Waals surface area (Å²) in [5.74, 6) is 0. The van der Waals surface area contributed by atoms with Crippen molar-refractivity contribution in [3.63, 3.8) is 0 Å². The molecule has 0 aliphatic heterocycles. The van der Waals surface area contributed by atoms with Crippen LogP contribution in [0.15, 0.2) is 29.2 Å². The van der Waals surface area contributed by atoms with Gasteiger partial charge in [0.2, 0.25) is 0 Å². The summed E-state index contributed by atoms with van der Waals surface area (Å²) in [6.07, 6.45) is 0. The van der Waals surface area contributed by atoms with Crippen LogP contribution in [-0.2, 0) is 17.5 Å². The summed E-state index contributed by atoms with van der Waals surface area (Å²) >= 11 is 0. The van der Waals surface area contributed by atoms with Crippen molar-refractivity contribution in [1.82, 2.24) is 9.21 Å². The Bertz CT molecular complexity index is 333. The number of nitrogens with zero attached hydrogens (tertiary/aromatic N) is 2. The van der Waals surface area contributed by atoms with E-state index in [1.807, 2.05) is 52.5 Å². The van der Waals surface area contributed by atoms with Gasteiger partial charge in [-0.2, -0.15) is 0 Å². The molecule has 15 heavy (non-hydrogen) atoms. The molecule has 0 fully saturated rings. The predicted octanol–water partition coefficient (Wildman–Crippen LogP) is 1.33. The average molecular weight is 226 g/mol. The largest absolute Gasteiger partial charge is 0.305 e. The fraction of sp³-hybridized carbons (Fsp3) is 0.455. The standard InChI is InChI=1S/C11H18N2OS/c1-12(2)9-10-5-7-11(8-6-10)15(14)13(3)4/h5-8H,9H2,1-4H3. The van der Waals surface area contributed by atoms with E-state index in [4.69, 9.17) is 0 Å². The molecule has 0 aliphatic carbocycles. The summed E-state index contributed by atoms with van der Waals surface area (Å²) in [5, 5.41) is 0. The van der Waals surface area contributed by atoms with Gasteiger partial charge in [0.05, 0.1) is 4.90 Å². The number of hydrogen-bond donors (Lipinski definition) is 0. The maximum Gasteiger partial charge on any atom is 0.127 e. The Hall–Kier alpha value is -0.710. The molecule has 0 radical (unpaired) electrons. The average Bonchev–Trinajstić information content (AvgIpc) is 2.17. The summed E-state index contributed by atoms with van der Waals surface area (Å²) in [6.45, 7) is 0.912. The second-order valence-corrected chi connectivity index (χ2v) is 5.64. The maximum absolute atomic E-state index is 11.7. The van der Waals surface area contributed by atoms with Crippen LogP contribution in [0.3, 0.4) is 0 Å². The first-order valence-electron chi connectivity index (χ1n) is 4.83. The van der Waals surface area contributed by atoms with Crippen LogP contribution in [0.2, 0.25) is 0 Å². The third-order valence-corrected chi connectivity index (χ3v) is 3.29. The zero-order chi connectivity index (χ0) is 11.4. The molecule has 1 atom stereocenters. The quantitative estimate of drug-likeness (QED) is 0.773. The van der Waals surface area contributed by atoms with Gasteiger partial charge in [0.1, 0.15) is 11.0 Å². The fourth-order valence-electron chi connectivity index (χ4n) is 1.29. The molecule has 0 aromatic heterocycles. The van der Waals surface area contributed by atoms with Crippen molar-refractivity contribution in [1.29, 1.82) is 0 Å². The van der Waals surface area contributed by atoms with Gasteiger partial charge in [-0.1, -0.05) is 12.1 Å². The van der Waals surface area contributed by atoms with Crippen LogP contribution < -0.4 is 0 Å². The molecule has 84 valence electrons. The maximum atomic E-state index is 11.7. The molecule has 4 heteroatoms. The minimum atomic E-state index is -1.04. The van der Waals surface area contributed by atoms with Crippen LogP contribution in [-0.4, -0.2) is 41.6 Å². The highest BCUT2D eigenvalue weighted by Gasteiger charge is 2.05. The summed E-state index contributed by atoms with van der Waals surface area (Å²) in [6, 6.07) is 7.90. The molecule has 1 aromatic carbocycles. The highest BCUT2D eigenvalue weighted by Crippen LogP contribution is 2.11. The first-order chi connectivity index (χ1) is 7.00. The lowest BCUT2D eigenvalue weighted by Crippen LogP contribution is -2.15. The summed E-state index contributed by atoms with van der Waals surface area (Å²) in [4.78, 5) is 2.96. The van der Waals surface area contributed by atoms with Gasteiger partial charge in [0.25, 0.3) is 0 Å². The van der Waals surface area contributed by atoms with Crippen LogP contribution in [0, 0.1) is 0 Å². The van der Waals surface area contributed by atoms with Gasteiger partial charge in [-0.05, 0) is 45.9 Å². The third kappa shape index (κ3) is 3.74. The molecule has 0 saturated carbocycles. The van der Waals surface area contributed by atoms with Gasteiger partial charge in [0, 0.05) is 6.54 Å². The van der Waals surface area contributed by atoms with Crippen LogP contribution in [0.4, 0.5) is 0 Å². The Labute approximate surface area is 94.3 Å². The molecule has 1 aromatic rings. The number of hydrogen-bond acceptors (Lipinski definition) is 2. The first kappa shape index (κ1) is 12.4. The summed E-state index contributed by atoms with van der Waals surface area (Å²) in [5.41, 5.74) is 1.24. The smallest absolute Gasteiger partial charge is 0.127 e. The molecule has 0 N–H and O–H groups in total. The second-order valence-electron chi connectivity index (χ2n) is 3.94. The molecule has 0 saturated heterocycles. The van der Waals surface area contributed by atoms with Gasteiger partial charge < -0.3 is 4.90 Å². The minimum absolute atomic E-state index is 0.850. The third-order valence-electron chi connectivity index (χ3n) is 1.96. The topological polar surface area (TPSA) is 23.6 Å². The lowest BCUT2D eigenvalue weighted by molar-refractivity contribution is 0.402. The number of benzene rings is 1. The normalized spacial score (nSPS) is 13.5. The van der Waals surface area contributed by atoms with Gasteiger partial charge in [-0.3, -0.25) is 0 Å². The van der Waals surface area contributed by atoms with Crippen molar-refractivity contribution in [2.75, 3.05) is 28.2 Å². The Morgan fingerprint density at radius 1 is 1.07 bits per heavy atom. The highest BCUT2D eigenvalue weighted by atomic mass is 32.2. The molecule has 1 unspecified atom stereocenters. The van der Waals surface area contributed by atoms with E-state index >= 15 is 0 Å². The van der Waals surface area contributed by atoms with Crippen molar-refractivity contribution in [2.24, 2.45) is 0 Å². The molecule has 0 aliphatic rings. The zero-order valence-electron chi connectivity index (χ0n) is 9.73. The number of rotatable bonds is 4. The van der Waals surface area contributed by atoms with E-state index in [0.717, 1.165) is 11.4 Å². The van der Waals surface area contributed by atoms with Gasteiger partial charge in [-0.25, -0.2) is 8.51 Å². The second kappa shape index (κ2) is 5.39. The van der Waals surface area contributed by atoms with Gasteiger partial charge in [-0.15, -0.1) is 0 Å². The van der Waals surface area contributed by atoms with Crippen molar-refractivity contribution in [2.45, 2.75) is 11.4 Å². The fourth-order valence-corrected chi connectivity index (χ4v) is 2.08. The van der Waals surface area contributed by atoms with Crippen molar-refractivity contribution >= 4 is 11.0 Å². The molecule has 1 rings (SSSR count). The van der Waals surface area contributed by atoms with Gasteiger partial charge in [0.15, 0.2) is 0 Å². The first-order valence-corrected chi connectivity index (χ1v) is 5.94. The Morgan fingerprint density at radius 2 is 1.60 bits per heavy atom. The van der Waals surface area contributed by atoms with Crippen molar-refractivity contribution in [3.05, 3.63) is 29.8 Å². The van der Waals surface area contributed by atoms with E-state index in [1.54, 1.807) is 4.31 Å². The Morgan fingerprint density at radius 3 is 2.00 bits per heavy atom. The van der Waals surface area contributed by atoms with Crippen LogP contribution in [0.1, 0.15) is 5.56 Å². The zero-order valence-corrected chi connectivity index (χ0v) is 10.5. The highest BCUT2D eigenvalue weighted by molar-refractivity contribution is 7.82. The Balaban J connectivity index is 2.76. The SMILES string of the molecule is CN(C)Cc1ccc(S(=O)N(C)C)cc1. The van der Waals surface area contributed by atoms with Crippen LogP contribution in [0.25, 0.3) is 0 Å². The lowest BCUT2D eigenvalue weighted by Gasteiger charge is -2.11. The van der Waals surface area contributed by atoms with E-state index in [2.05, 4.69) is 4.90 Å². The molecule has 0 spiro atoms. The van der Waals surface area contributed by atoms with Crippen molar-refractivity contribution < 1.29 is 4.21 Å². The van der Waals surface area contributed by atoms with E-state index in [-0.39, 0.29) is 0 Å². The monoisotopic (exact) mass is 226 g/mol. The van der Waals surface area contributed by atoms with E-state index < -0.39 is 11.0 Å². The molecule has 0 bridgehead atoms. The molecular formula is C11H18N2OS. The van der Waals surface area contributed by atoms with Crippen LogP contribution in [0.5, 0.6) is 0 Å². The summed E-state index contributed by atoms with van der Waals surface area (Å²) in [7, 11) is 6.65. The van der Waals surface area contributed by atoms with Gasteiger partial charge >= 0.3 is 0 Å². The summed E-state index contributed by atoms with van der Waals surface area (Å²) < 4.78 is 13.4. The van der Waals surface area contributed by atoms with Crippen molar-refractivity contribution in [3.8, 4) is 0 Å². The molecule has 0 heterocycles.